The Bertz CT molecular complexity index is 149. The fourth-order valence-electron chi connectivity index (χ4n) is 1.46. The van der Waals surface area contributed by atoms with Crippen molar-refractivity contribution in [1.29, 1.82) is 0 Å². The van der Waals surface area contributed by atoms with Crippen molar-refractivity contribution in [2.75, 3.05) is 52.3 Å². The molecule has 84 valence electrons. The van der Waals surface area contributed by atoms with Gasteiger partial charge in [0.1, 0.15) is 0 Å². The number of ether oxygens (including phenoxy) is 1. The molecule has 0 aromatic carbocycles. The first-order valence-electron chi connectivity index (χ1n) is 5.30. The number of rotatable bonds is 5. The monoisotopic (exact) mass is 220 g/mol. The summed E-state index contributed by atoms with van der Waals surface area (Å²) in [5.74, 6) is 0.708. The van der Waals surface area contributed by atoms with Crippen LogP contribution in [0.15, 0.2) is 0 Å². The van der Waals surface area contributed by atoms with Gasteiger partial charge in [0.05, 0.1) is 13.2 Å². The van der Waals surface area contributed by atoms with E-state index in [-0.39, 0.29) is 0 Å². The molecule has 0 N–H and O–H groups in total. The van der Waals surface area contributed by atoms with Crippen molar-refractivity contribution in [1.82, 2.24) is 9.80 Å². The Morgan fingerprint density at radius 2 is 2.07 bits per heavy atom. The highest BCUT2D eigenvalue weighted by Crippen LogP contribution is 2.00. The van der Waals surface area contributed by atoms with Crippen LogP contribution in [0.3, 0.4) is 0 Å². The first-order valence-corrected chi connectivity index (χ1v) is 5.84. The Balaban J connectivity index is 2.12. The molecule has 1 fully saturated rings. The number of morpholine rings is 1. The largest absolute Gasteiger partial charge is 0.379 e. The fraction of sp³-hybridized carbons (Fsp3) is 1.00. The van der Waals surface area contributed by atoms with E-state index in [1.807, 2.05) is 0 Å². The molecule has 14 heavy (non-hydrogen) atoms. The second-order valence-electron chi connectivity index (χ2n) is 3.94. The summed E-state index contributed by atoms with van der Waals surface area (Å²) in [5.41, 5.74) is 0. The third-order valence-electron chi connectivity index (χ3n) is 2.85. The Kier molecular flexibility index (Phi) is 5.78. The van der Waals surface area contributed by atoms with Crippen molar-refractivity contribution in [3.05, 3.63) is 0 Å². The quantitative estimate of drug-likeness (QED) is 0.640. The number of nitrogens with zero attached hydrogens (tertiary/aromatic N) is 2. The van der Waals surface area contributed by atoms with Gasteiger partial charge in [0.2, 0.25) is 0 Å². The van der Waals surface area contributed by atoms with Crippen molar-refractivity contribution >= 4 is 11.6 Å². The summed E-state index contributed by atoms with van der Waals surface area (Å²) in [6, 6.07) is 0.470. The molecule has 1 atom stereocenters. The standard InChI is InChI=1S/C10H21ClN2O/c1-10(9-11)12(2)3-4-13-5-7-14-8-6-13/h10H,3-9H2,1-2H3. The maximum absolute atomic E-state index is 5.79. The normalized spacial score (nSPS) is 21.4. The number of hydrogen-bond donors (Lipinski definition) is 0. The van der Waals surface area contributed by atoms with Gasteiger partial charge in [-0.05, 0) is 14.0 Å². The van der Waals surface area contributed by atoms with Crippen LogP contribution in [0.5, 0.6) is 0 Å². The molecule has 1 unspecified atom stereocenters. The molecule has 1 aliphatic rings. The maximum Gasteiger partial charge on any atom is 0.0594 e. The van der Waals surface area contributed by atoms with E-state index in [0.29, 0.717) is 11.9 Å². The lowest BCUT2D eigenvalue weighted by Crippen LogP contribution is -2.42. The highest BCUT2D eigenvalue weighted by Gasteiger charge is 2.12. The summed E-state index contributed by atoms with van der Waals surface area (Å²) in [6.07, 6.45) is 0. The van der Waals surface area contributed by atoms with E-state index in [1.165, 1.54) is 0 Å². The van der Waals surface area contributed by atoms with Gasteiger partial charge < -0.3 is 9.64 Å². The topological polar surface area (TPSA) is 15.7 Å². The minimum absolute atomic E-state index is 0.470. The van der Waals surface area contributed by atoms with Gasteiger partial charge in [-0.15, -0.1) is 11.6 Å². The summed E-state index contributed by atoms with van der Waals surface area (Å²) < 4.78 is 5.30. The Morgan fingerprint density at radius 3 is 2.64 bits per heavy atom. The summed E-state index contributed by atoms with van der Waals surface area (Å²) in [7, 11) is 2.13. The van der Waals surface area contributed by atoms with Crippen molar-refractivity contribution in [3.63, 3.8) is 0 Å². The Morgan fingerprint density at radius 1 is 1.43 bits per heavy atom. The lowest BCUT2D eigenvalue weighted by molar-refractivity contribution is 0.0334. The summed E-state index contributed by atoms with van der Waals surface area (Å²) >= 11 is 5.79. The van der Waals surface area contributed by atoms with Gasteiger partial charge in [0.25, 0.3) is 0 Å². The Hall–Kier alpha value is 0.170. The predicted molar refractivity (Wildman–Crippen MR) is 60.1 cm³/mol. The zero-order valence-corrected chi connectivity index (χ0v) is 9.96. The van der Waals surface area contributed by atoms with Gasteiger partial charge in [0.15, 0.2) is 0 Å². The molecule has 0 amide bonds. The van der Waals surface area contributed by atoms with E-state index in [0.717, 1.165) is 39.4 Å². The average molecular weight is 221 g/mol. The summed E-state index contributed by atoms with van der Waals surface area (Å²) in [5, 5.41) is 0. The van der Waals surface area contributed by atoms with E-state index >= 15 is 0 Å². The highest BCUT2D eigenvalue weighted by atomic mass is 35.5. The lowest BCUT2D eigenvalue weighted by atomic mass is 10.3. The summed E-state index contributed by atoms with van der Waals surface area (Å²) in [4.78, 5) is 4.75. The van der Waals surface area contributed by atoms with Crippen molar-refractivity contribution in [3.8, 4) is 0 Å². The molecule has 1 saturated heterocycles. The van der Waals surface area contributed by atoms with Crippen molar-refractivity contribution < 1.29 is 4.74 Å². The first kappa shape index (κ1) is 12.2. The lowest BCUT2D eigenvalue weighted by Gasteiger charge is -2.30. The van der Waals surface area contributed by atoms with E-state index in [2.05, 4.69) is 23.8 Å². The van der Waals surface area contributed by atoms with Crippen LogP contribution in [0, 0.1) is 0 Å². The third-order valence-corrected chi connectivity index (χ3v) is 3.30. The predicted octanol–water partition coefficient (Wildman–Crippen LogP) is 0.878. The van der Waals surface area contributed by atoms with E-state index in [9.17, 15) is 0 Å². The van der Waals surface area contributed by atoms with Crippen LogP contribution >= 0.6 is 11.6 Å². The van der Waals surface area contributed by atoms with E-state index < -0.39 is 0 Å². The van der Waals surface area contributed by atoms with Gasteiger partial charge >= 0.3 is 0 Å². The minimum Gasteiger partial charge on any atom is -0.379 e. The van der Waals surface area contributed by atoms with Crippen LogP contribution < -0.4 is 0 Å². The molecule has 0 aromatic rings. The molecule has 0 aliphatic carbocycles. The second-order valence-corrected chi connectivity index (χ2v) is 4.25. The molecule has 4 heteroatoms. The highest BCUT2D eigenvalue weighted by molar-refractivity contribution is 6.18. The number of likely N-dealkylation sites (N-methyl/N-ethyl adjacent to an activating group) is 1. The minimum atomic E-state index is 0.470. The molecule has 0 spiro atoms. The average Bonchev–Trinajstić information content (AvgIpc) is 2.26. The zero-order chi connectivity index (χ0) is 10.4. The molecule has 0 aromatic heterocycles. The molecular formula is C10H21ClN2O. The van der Waals surface area contributed by atoms with Gasteiger partial charge in [-0.1, -0.05) is 0 Å². The van der Waals surface area contributed by atoms with Crippen molar-refractivity contribution in [2.45, 2.75) is 13.0 Å². The number of alkyl halides is 1. The van der Waals surface area contributed by atoms with Crippen LogP contribution in [-0.4, -0.2) is 68.2 Å². The van der Waals surface area contributed by atoms with Gasteiger partial charge in [-0.25, -0.2) is 0 Å². The van der Waals surface area contributed by atoms with E-state index in [1.54, 1.807) is 0 Å². The van der Waals surface area contributed by atoms with Crippen LogP contribution in [0.25, 0.3) is 0 Å². The van der Waals surface area contributed by atoms with Crippen molar-refractivity contribution in [2.24, 2.45) is 0 Å². The van der Waals surface area contributed by atoms with Crippen LogP contribution in [0.2, 0.25) is 0 Å². The number of hydrogen-bond acceptors (Lipinski definition) is 3. The van der Waals surface area contributed by atoms with Gasteiger partial charge in [0, 0.05) is 38.1 Å². The second kappa shape index (κ2) is 6.62. The Labute approximate surface area is 92.0 Å². The number of halogens is 1. The smallest absolute Gasteiger partial charge is 0.0594 e. The molecule has 1 heterocycles. The van der Waals surface area contributed by atoms with Crippen LogP contribution in [0.4, 0.5) is 0 Å². The fourth-order valence-corrected chi connectivity index (χ4v) is 1.70. The van der Waals surface area contributed by atoms with Gasteiger partial charge in [-0.2, -0.15) is 0 Å². The van der Waals surface area contributed by atoms with E-state index in [4.69, 9.17) is 16.3 Å². The van der Waals surface area contributed by atoms with Gasteiger partial charge in [-0.3, -0.25) is 4.90 Å². The molecule has 1 rings (SSSR count). The first-order chi connectivity index (χ1) is 6.74. The van der Waals surface area contributed by atoms with Crippen LogP contribution in [0.1, 0.15) is 6.92 Å². The molecule has 1 aliphatic heterocycles. The molecular weight excluding hydrogens is 200 g/mol. The zero-order valence-electron chi connectivity index (χ0n) is 9.21. The summed E-state index contributed by atoms with van der Waals surface area (Å²) in [6.45, 7) is 8.29. The molecule has 0 bridgehead atoms. The SMILES string of the molecule is CC(CCl)N(C)CCN1CCOCC1. The van der Waals surface area contributed by atoms with Crippen LogP contribution in [-0.2, 0) is 4.74 Å². The maximum atomic E-state index is 5.79. The molecule has 3 nitrogen and oxygen atoms in total. The molecule has 0 radical (unpaired) electrons. The third kappa shape index (κ3) is 4.13. The molecule has 0 saturated carbocycles.